The van der Waals surface area contributed by atoms with Gasteiger partial charge >= 0.3 is 5.97 Å². The summed E-state index contributed by atoms with van der Waals surface area (Å²) in [5, 5.41) is 3.15. The van der Waals surface area contributed by atoms with Crippen molar-refractivity contribution < 1.29 is 18.7 Å². The maximum absolute atomic E-state index is 11.7. The van der Waals surface area contributed by atoms with Gasteiger partial charge in [0.25, 0.3) is 6.01 Å². The van der Waals surface area contributed by atoms with Crippen LogP contribution in [-0.2, 0) is 9.47 Å². The van der Waals surface area contributed by atoms with Crippen LogP contribution in [0.3, 0.4) is 0 Å². The van der Waals surface area contributed by atoms with Crippen molar-refractivity contribution in [3.63, 3.8) is 0 Å². The number of carbonyl (C=O) groups is 1. The third-order valence-electron chi connectivity index (χ3n) is 3.63. The van der Waals surface area contributed by atoms with E-state index in [0.717, 1.165) is 39.4 Å². The van der Waals surface area contributed by atoms with Crippen LogP contribution in [0.1, 0.15) is 10.4 Å². The minimum Gasteiger partial charge on any atom is -0.465 e. The molecule has 1 aliphatic heterocycles. The van der Waals surface area contributed by atoms with Gasteiger partial charge < -0.3 is 19.2 Å². The van der Waals surface area contributed by atoms with Crippen LogP contribution in [0.2, 0.25) is 0 Å². The number of morpholine rings is 1. The zero-order chi connectivity index (χ0) is 15.4. The number of carbonyl (C=O) groups excluding carboxylic acids is 1. The van der Waals surface area contributed by atoms with Gasteiger partial charge in [-0.05, 0) is 12.1 Å². The minimum atomic E-state index is -0.418. The Labute approximate surface area is 128 Å². The van der Waals surface area contributed by atoms with Crippen LogP contribution in [0.5, 0.6) is 0 Å². The first-order valence-electron chi connectivity index (χ1n) is 7.30. The molecule has 1 aromatic carbocycles. The van der Waals surface area contributed by atoms with E-state index in [0.29, 0.717) is 22.7 Å². The molecule has 1 aliphatic rings. The molecule has 0 spiro atoms. The van der Waals surface area contributed by atoms with E-state index in [9.17, 15) is 4.79 Å². The Morgan fingerprint density at radius 2 is 2.23 bits per heavy atom. The second kappa shape index (κ2) is 6.76. The highest BCUT2D eigenvalue weighted by molar-refractivity contribution is 6.01. The van der Waals surface area contributed by atoms with Crippen LogP contribution in [0, 0.1) is 0 Å². The van der Waals surface area contributed by atoms with Gasteiger partial charge in [-0.1, -0.05) is 6.07 Å². The molecule has 7 heteroatoms. The van der Waals surface area contributed by atoms with Gasteiger partial charge in [0, 0.05) is 26.2 Å². The molecule has 0 radical (unpaired) electrons. The highest BCUT2D eigenvalue weighted by atomic mass is 16.5. The van der Waals surface area contributed by atoms with E-state index in [2.05, 4.69) is 15.2 Å². The second-order valence-corrected chi connectivity index (χ2v) is 5.04. The maximum atomic E-state index is 11.7. The SMILES string of the molecule is COC(=O)c1cccc2oc(NCCN3CCOCC3)nc12. The lowest BCUT2D eigenvalue weighted by Crippen LogP contribution is -2.39. The number of ether oxygens (including phenoxy) is 2. The fraction of sp³-hybridized carbons (Fsp3) is 0.467. The predicted octanol–water partition coefficient (Wildman–Crippen LogP) is 1.36. The van der Waals surface area contributed by atoms with Crippen molar-refractivity contribution in [2.45, 2.75) is 0 Å². The van der Waals surface area contributed by atoms with Crippen molar-refractivity contribution in [3.05, 3.63) is 23.8 Å². The summed E-state index contributed by atoms with van der Waals surface area (Å²) >= 11 is 0. The van der Waals surface area contributed by atoms with E-state index in [1.54, 1.807) is 18.2 Å². The highest BCUT2D eigenvalue weighted by Gasteiger charge is 2.16. The van der Waals surface area contributed by atoms with Crippen LogP contribution in [0.25, 0.3) is 11.1 Å². The van der Waals surface area contributed by atoms with Gasteiger partial charge in [0.1, 0.15) is 5.52 Å². The van der Waals surface area contributed by atoms with Gasteiger partial charge in [0.2, 0.25) is 0 Å². The molecule has 1 N–H and O–H groups in total. The smallest absolute Gasteiger partial charge is 0.340 e. The maximum Gasteiger partial charge on any atom is 0.340 e. The molecule has 2 heterocycles. The number of fused-ring (bicyclic) bond motifs is 1. The Kier molecular flexibility index (Phi) is 4.55. The number of benzene rings is 1. The summed E-state index contributed by atoms with van der Waals surface area (Å²) < 4.78 is 15.7. The number of methoxy groups -OCH3 is 1. The lowest BCUT2D eigenvalue weighted by molar-refractivity contribution is 0.0398. The van der Waals surface area contributed by atoms with E-state index in [1.807, 2.05) is 0 Å². The highest BCUT2D eigenvalue weighted by Crippen LogP contribution is 2.22. The first-order valence-corrected chi connectivity index (χ1v) is 7.30. The molecule has 0 atom stereocenters. The van der Waals surface area contributed by atoms with Crippen molar-refractivity contribution in [3.8, 4) is 0 Å². The molecule has 0 aliphatic carbocycles. The van der Waals surface area contributed by atoms with Crippen LogP contribution in [0.4, 0.5) is 6.01 Å². The molecule has 1 saturated heterocycles. The Morgan fingerprint density at radius 3 is 3.00 bits per heavy atom. The largest absolute Gasteiger partial charge is 0.465 e. The van der Waals surface area contributed by atoms with Crippen LogP contribution >= 0.6 is 0 Å². The molecule has 0 saturated carbocycles. The van der Waals surface area contributed by atoms with Crippen LogP contribution in [-0.4, -0.2) is 62.4 Å². The quantitative estimate of drug-likeness (QED) is 0.836. The molecule has 0 amide bonds. The van der Waals surface area contributed by atoms with E-state index in [1.165, 1.54) is 7.11 Å². The summed E-state index contributed by atoms with van der Waals surface area (Å²) in [7, 11) is 1.35. The Balaban J connectivity index is 1.65. The van der Waals surface area contributed by atoms with E-state index >= 15 is 0 Å². The molecule has 3 rings (SSSR count). The monoisotopic (exact) mass is 305 g/mol. The first-order chi connectivity index (χ1) is 10.8. The molecular weight excluding hydrogens is 286 g/mol. The molecule has 1 fully saturated rings. The zero-order valence-electron chi connectivity index (χ0n) is 12.5. The topological polar surface area (TPSA) is 76.8 Å². The van der Waals surface area contributed by atoms with Gasteiger partial charge in [0.05, 0.1) is 25.9 Å². The number of para-hydroxylation sites is 1. The van der Waals surface area contributed by atoms with Gasteiger partial charge in [-0.2, -0.15) is 4.98 Å². The Morgan fingerprint density at radius 1 is 1.41 bits per heavy atom. The standard InChI is InChI=1S/C15H19N3O4/c1-20-14(19)11-3-2-4-12-13(11)17-15(22-12)16-5-6-18-7-9-21-10-8-18/h2-4H,5-10H2,1H3,(H,16,17). The second-order valence-electron chi connectivity index (χ2n) is 5.04. The molecule has 2 aromatic rings. The number of aromatic nitrogens is 1. The summed E-state index contributed by atoms with van der Waals surface area (Å²) in [4.78, 5) is 18.4. The fourth-order valence-corrected chi connectivity index (χ4v) is 2.44. The number of hydrogen-bond donors (Lipinski definition) is 1. The van der Waals surface area contributed by atoms with E-state index < -0.39 is 5.97 Å². The van der Waals surface area contributed by atoms with Gasteiger partial charge in [-0.3, -0.25) is 4.90 Å². The average Bonchev–Trinajstić information content (AvgIpc) is 2.98. The summed E-state index contributed by atoms with van der Waals surface area (Å²) in [6.07, 6.45) is 0. The molecule has 0 unspecified atom stereocenters. The number of nitrogens with zero attached hydrogens (tertiary/aromatic N) is 2. The number of rotatable bonds is 5. The molecule has 1 aromatic heterocycles. The first kappa shape index (κ1) is 14.8. The van der Waals surface area contributed by atoms with Crippen molar-refractivity contribution in [1.82, 2.24) is 9.88 Å². The summed E-state index contributed by atoms with van der Waals surface area (Å²) in [6.45, 7) is 5.08. The fourth-order valence-electron chi connectivity index (χ4n) is 2.44. The van der Waals surface area contributed by atoms with Crippen molar-refractivity contribution in [1.29, 1.82) is 0 Å². The molecule has 0 bridgehead atoms. The molecular formula is C15H19N3O4. The lowest BCUT2D eigenvalue weighted by atomic mass is 10.2. The number of oxazole rings is 1. The number of anilines is 1. The number of nitrogens with one attached hydrogen (secondary N) is 1. The average molecular weight is 305 g/mol. The molecule has 118 valence electrons. The summed E-state index contributed by atoms with van der Waals surface area (Å²) in [6, 6.07) is 5.62. The molecule has 22 heavy (non-hydrogen) atoms. The van der Waals surface area contributed by atoms with Crippen LogP contribution in [0.15, 0.2) is 22.6 Å². The normalized spacial score (nSPS) is 15.9. The lowest BCUT2D eigenvalue weighted by Gasteiger charge is -2.26. The Bertz CT molecular complexity index is 649. The zero-order valence-corrected chi connectivity index (χ0v) is 12.5. The van der Waals surface area contributed by atoms with Crippen LogP contribution < -0.4 is 5.32 Å². The van der Waals surface area contributed by atoms with Crippen molar-refractivity contribution in [2.75, 3.05) is 51.8 Å². The van der Waals surface area contributed by atoms with Crippen molar-refractivity contribution >= 4 is 23.1 Å². The summed E-state index contributed by atoms with van der Waals surface area (Å²) in [5.41, 5.74) is 1.49. The minimum absolute atomic E-state index is 0.407. The van der Waals surface area contributed by atoms with Gasteiger partial charge in [-0.15, -0.1) is 0 Å². The molecule has 7 nitrogen and oxygen atoms in total. The van der Waals surface area contributed by atoms with Gasteiger partial charge in [-0.25, -0.2) is 4.79 Å². The van der Waals surface area contributed by atoms with Crippen molar-refractivity contribution in [2.24, 2.45) is 0 Å². The van der Waals surface area contributed by atoms with E-state index in [4.69, 9.17) is 13.9 Å². The predicted molar refractivity (Wildman–Crippen MR) is 81.1 cm³/mol. The number of hydrogen-bond acceptors (Lipinski definition) is 7. The third-order valence-corrected chi connectivity index (χ3v) is 3.63. The Hall–Kier alpha value is -2.12. The van der Waals surface area contributed by atoms with E-state index in [-0.39, 0.29) is 0 Å². The third kappa shape index (κ3) is 3.20. The number of esters is 1. The van der Waals surface area contributed by atoms with Gasteiger partial charge in [0.15, 0.2) is 5.58 Å². The summed E-state index contributed by atoms with van der Waals surface area (Å²) in [5.74, 6) is -0.418.